The summed E-state index contributed by atoms with van der Waals surface area (Å²) >= 11 is 0. The molecule has 2 N–H and O–H groups in total. The second kappa shape index (κ2) is 9.95. The van der Waals surface area contributed by atoms with Gasteiger partial charge in [0.2, 0.25) is 0 Å². The Morgan fingerprint density at radius 2 is 1.85 bits per heavy atom. The highest BCUT2D eigenvalue weighted by Crippen LogP contribution is 2.25. The Morgan fingerprint density at radius 3 is 2.59 bits per heavy atom. The molecule has 0 radical (unpaired) electrons. The number of nitrogens with one attached hydrogen (secondary N) is 2. The number of amides is 2. The van der Waals surface area contributed by atoms with Crippen LogP contribution in [0.15, 0.2) is 71.6 Å². The van der Waals surface area contributed by atoms with E-state index in [0.717, 1.165) is 36.7 Å². The van der Waals surface area contributed by atoms with E-state index in [1.165, 1.54) is 22.6 Å². The second-order valence-corrected chi connectivity index (χ2v) is 10.5. The Balaban J connectivity index is 1.46. The van der Waals surface area contributed by atoms with Crippen molar-refractivity contribution in [2.45, 2.75) is 36.6 Å². The number of rotatable bonds is 6. The van der Waals surface area contributed by atoms with Crippen molar-refractivity contribution >= 4 is 21.6 Å². The minimum Gasteiger partial charge on any atom is -0.321 e. The van der Waals surface area contributed by atoms with Crippen LogP contribution in [0.5, 0.6) is 0 Å². The van der Waals surface area contributed by atoms with Crippen LogP contribution in [0.2, 0.25) is 0 Å². The molecule has 1 unspecified atom stereocenters. The Kier molecular flexibility index (Phi) is 7.00. The first-order valence-electron chi connectivity index (χ1n) is 11.2. The van der Waals surface area contributed by atoms with E-state index >= 15 is 0 Å². The normalized spacial score (nSPS) is 14.2. The minimum atomic E-state index is -3.75. The quantitative estimate of drug-likeness (QED) is 0.536. The van der Waals surface area contributed by atoms with Crippen molar-refractivity contribution in [3.05, 3.63) is 94.8 Å². The van der Waals surface area contributed by atoms with E-state index < -0.39 is 21.7 Å². The number of nitrogens with zero attached hydrogens (tertiary/aromatic N) is 1. The van der Waals surface area contributed by atoms with Gasteiger partial charge in [0, 0.05) is 13.6 Å². The van der Waals surface area contributed by atoms with Gasteiger partial charge in [0.25, 0.3) is 0 Å². The standard InChI is InChI=1S/C26H28FN3O3S/c1-18(20-6-4-3-5-7-20)30(2)26(31)29-25-11-10-23(15-24(25)27)34(32,33)17-19-8-9-22-16-28-13-12-21(22)14-19/h3-11,14-15,18,28H,12-13,16-17H2,1-2H3,(H,29,31). The zero-order valence-corrected chi connectivity index (χ0v) is 20.0. The topological polar surface area (TPSA) is 78.5 Å². The number of fused-ring (bicyclic) bond motifs is 1. The van der Waals surface area contributed by atoms with Crippen LogP contribution in [0.25, 0.3) is 0 Å². The zero-order valence-electron chi connectivity index (χ0n) is 19.2. The van der Waals surface area contributed by atoms with E-state index in [1.807, 2.05) is 49.4 Å². The first-order valence-corrected chi connectivity index (χ1v) is 12.8. The number of halogens is 1. The van der Waals surface area contributed by atoms with Gasteiger partial charge in [-0.05, 0) is 60.3 Å². The first kappa shape index (κ1) is 23.9. The van der Waals surface area contributed by atoms with E-state index in [-0.39, 0.29) is 22.4 Å². The minimum absolute atomic E-state index is 0.0719. The summed E-state index contributed by atoms with van der Waals surface area (Å²) in [5.41, 5.74) is 3.86. The van der Waals surface area contributed by atoms with Gasteiger partial charge in [0.1, 0.15) is 5.82 Å². The molecule has 4 rings (SSSR count). The highest BCUT2D eigenvalue weighted by molar-refractivity contribution is 7.90. The molecule has 34 heavy (non-hydrogen) atoms. The lowest BCUT2D eigenvalue weighted by Gasteiger charge is -2.25. The number of urea groups is 1. The molecular formula is C26H28FN3O3S. The molecule has 3 aromatic carbocycles. The molecular weight excluding hydrogens is 453 g/mol. The third-order valence-corrected chi connectivity index (χ3v) is 7.92. The number of benzene rings is 3. The summed E-state index contributed by atoms with van der Waals surface area (Å²) in [4.78, 5) is 14.0. The van der Waals surface area contributed by atoms with Gasteiger partial charge < -0.3 is 15.5 Å². The molecule has 0 spiro atoms. The van der Waals surface area contributed by atoms with Gasteiger partial charge >= 0.3 is 6.03 Å². The summed E-state index contributed by atoms with van der Waals surface area (Å²) in [6.07, 6.45) is 0.851. The summed E-state index contributed by atoms with van der Waals surface area (Å²) in [6.45, 7) is 3.51. The number of carbonyl (C=O) groups excluding carboxylic acids is 1. The molecule has 0 aliphatic carbocycles. The van der Waals surface area contributed by atoms with Crippen molar-refractivity contribution in [1.29, 1.82) is 0 Å². The zero-order chi connectivity index (χ0) is 24.3. The van der Waals surface area contributed by atoms with Crippen molar-refractivity contribution in [2.24, 2.45) is 0 Å². The highest BCUT2D eigenvalue weighted by atomic mass is 32.2. The molecule has 0 bridgehead atoms. The number of sulfone groups is 1. The summed E-state index contributed by atoms with van der Waals surface area (Å²) in [6, 6.07) is 18.0. The van der Waals surface area contributed by atoms with Crippen LogP contribution in [0.4, 0.5) is 14.9 Å². The number of hydrogen-bond donors (Lipinski definition) is 2. The third-order valence-electron chi connectivity index (χ3n) is 6.24. The largest absolute Gasteiger partial charge is 0.322 e. The fourth-order valence-electron chi connectivity index (χ4n) is 4.05. The van der Waals surface area contributed by atoms with Crippen LogP contribution >= 0.6 is 0 Å². The van der Waals surface area contributed by atoms with Crippen molar-refractivity contribution in [2.75, 3.05) is 18.9 Å². The van der Waals surface area contributed by atoms with Crippen LogP contribution in [0, 0.1) is 5.82 Å². The predicted molar refractivity (Wildman–Crippen MR) is 131 cm³/mol. The molecule has 1 aliphatic rings. The molecule has 1 atom stereocenters. The summed E-state index contributed by atoms with van der Waals surface area (Å²) in [5.74, 6) is -1.01. The molecule has 3 aromatic rings. The van der Waals surface area contributed by atoms with Gasteiger partial charge in [0.05, 0.1) is 22.4 Å². The molecule has 0 aromatic heterocycles. The molecule has 0 saturated carbocycles. The Labute approximate surface area is 199 Å². The molecule has 1 heterocycles. The summed E-state index contributed by atoms with van der Waals surface area (Å²) < 4.78 is 40.7. The highest BCUT2D eigenvalue weighted by Gasteiger charge is 2.21. The van der Waals surface area contributed by atoms with Crippen molar-refractivity contribution in [3.8, 4) is 0 Å². The second-order valence-electron chi connectivity index (χ2n) is 8.56. The van der Waals surface area contributed by atoms with E-state index in [2.05, 4.69) is 10.6 Å². The molecule has 1 aliphatic heterocycles. The van der Waals surface area contributed by atoms with E-state index in [0.29, 0.717) is 5.56 Å². The molecule has 0 saturated heterocycles. The van der Waals surface area contributed by atoms with Crippen LogP contribution in [0.3, 0.4) is 0 Å². The van der Waals surface area contributed by atoms with Gasteiger partial charge in [-0.2, -0.15) is 0 Å². The van der Waals surface area contributed by atoms with Gasteiger partial charge in [-0.25, -0.2) is 17.6 Å². The van der Waals surface area contributed by atoms with Crippen molar-refractivity contribution < 1.29 is 17.6 Å². The van der Waals surface area contributed by atoms with Gasteiger partial charge in [-0.15, -0.1) is 0 Å². The average Bonchev–Trinajstić information content (AvgIpc) is 2.84. The number of anilines is 1. The van der Waals surface area contributed by atoms with Gasteiger partial charge in [-0.3, -0.25) is 0 Å². The van der Waals surface area contributed by atoms with Crippen LogP contribution in [0.1, 0.15) is 35.2 Å². The molecule has 178 valence electrons. The Morgan fingerprint density at radius 1 is 1.09 bits per heavy atom. The fraction of sp³-hybridized carbons (Fsp3) is 0.269. The maximum absolute atomic E-state index is 14.8. The number of carbonyl (C=O) groups is 1. The van der Waals surface area contributed by atoms with Gasteiger partial charge in [0.15, 0.2) is 9.84 Å². The summed E-state index contributed by atoms with van der Waals surface area (Å²) in [7, 11) is -2.13. The maximum Gasteiger partial charge on any atom is 0.322 e. The van der Waals surface area contributed by atoms with Crippen molar-refractivity contribution in [1.82, 2.24) is 10.2 Å². The Hall–Kier alpha value is -3.23. The molecule has 0 fully saturated rings. The summed E-state index contributed by atoms with van der Waals surface area (Å²) in [5, 5.41) is 5.82. The predicted octanol–water partition coefficient (Wildman–Crippen LogP) is 4.67. The first-order chi connectivity index (χ1) is 16.2. The van der Waals surface area contributed by atoms with E-state index in [1.54, 1.807) is 13.1 Å². The van der Waals surface area contributed by atoms with Crippen LogP contribution < -0.4 is 10.6 Å². The lowest BCUT2D eigenvalue weighted by atomic mass is 9.99. The average molecular weight is 482 g/mol. The fourth-order valence-corrected chi connectivity index (χ4v) is 5.39. The van der Waals surface area contributed by atoms with Crippen LogP contribution in [-0.4, -0.2) is 32.9 Å². The maximum atomic E-state index is 14.8. The van der Waals surface area contributed by atoms with E-state index in [4.69, 9.17) is 0 Å². The lowest BCUT2D eigenvalue weighted by molar-refractivity contribution is 0.208. The SMILES string of the molecule is CC(c1ccccc1)N(C)C(=O)Nc1ccc(S(=O)(=O)Cc2ccc3c(c2)CCNC3)cc1F. The molecule has 2 amide bonds. The Bertz CT molecular complexity index is 1300. The van der Waals surface area contributed by atoms with Crippen molar-refractivity contribution in [3.63, 3.8) is 0 Å². The van der Waals surface area contributed by atoms with Gasteiger partial charge in [-0.1, -0.05) is 48.5 Å². The van der Waals surface area contributed by atoms with Crippen LogP contribution in [-0.2, 0) is 28.6 Å². The lowest BCUT2D eigenvalue weighted by Crippen LogP contribution is -2.33. The molecule has 8 heteroatoms. The monoisotopic (exact) mass is 481 g/mol. The third kappa shape index (κ3) is 5.29. The van der Waals surface area contributed by atoms with E-state index in [9.17, 15) is 17.6 Å². The number of hydrogen-bond acceptors (Lipinski definition) is 4. The smallest absolute Gasteiger partial charge is 0.321 e. The molecule has 6 nitrogen and oxygen atoms in total.